The van der Waals surface area contributed by atoms with Crippen LogP contribution < -0.4 is 18.9 Å². The van der Waals surface area contributed by atoms with Crippen LogP contribution in [-0.4, -0.2) is 53.8 Å². The number of likely N-dealkylation sites (N-methyl/N-ethyl adjacent to an activating group) is 1. The number of nitrogens with zero attached hydrogens (tertiary/aromatic N) is 1. The van der Waals surface area contributed by atoms with Crippen LogP contribution in [0.25, 0.3) is 0 Å². The van der Waals surface area contributed by atoms with Gasteiger partial charge in [-0.3, -0.25) is 4.72 Å². The van der Waals surface area contributed by atoms with E-state index in [1.54, 1.807) is 0 Å². The zero-order valence-electron chi connectivity index (χ0n) is 18.2. The van der Waals surface area contributed by atoms with Gasteiger partial charge in [0.1, 0.15) is 16.7 Å². The smallest absolute Gasteiger partial charge is 0.419 e. The predicted molar refractivity (Wildman–Crippen MR) is 121 cm³/mol. The van der Waals surface area contributed by atoms with E-state index in [2.05, 4.69) is 20.7 Å². The van der Waals surface area contributed by atoms with Crippen LogP contribution in [0.4, 0.5) is 18.9 Å². The monoisotopic (exact) mass is 552 g/mol. The van der Waals surface area contributed by atoms with Gasteiger partial charge in [0.15, 0.2) is 11.5 Å². The maximum absolute atomic E-state index is 13.6. The van der Waals surface area contributed by atoms with Gasteiger partial charge >= 0.3 is 6.18 Å². The molecule has 2 aromatic rings. The average Bonchev–Trinajstić information content (AvgIpc) is 2.72. The number of piperidine rings is 1. The van der Waals surface area contributed by atoms with Gasteiger partial charge in [-0.25, -0.2) is 8.42 Å². The first-order chi connectivity index (χ1) is 15.4. The van der Waals surface area contributed by atoms with E-state index in [0.29, 0.717) is 18.7 Å². The van der Waals surface area contributed by atoms with Crippen LogP contribution in [0, 0.1) is 0 Å². The molecule has 1 aliphatic rings. The Kier molecular flexibility index (Phi) is 7.69. The van der Waals surface area contributed by atoms with Crippen molar-refractivity contribution in [2.24, 2.45) is 0 Å². The summed E-state index contributed by atoms with van der Waals surface area (Å²) in [6.45, 7) is 1.32. The normalized spacial score (nSPS) is 17.5. The minimum atomic E-state index is -4.65. The lowest BCUT2D eigenvalue weighted by Crippen LogP contribution is -2.38. The van der Waals surface area contributed by atoms with Gasteiger partial charge in [0, 0.05) is 23.2 Å². The van der Waals surface area contributed by atoms with E-state index >= 15 is 0 Å². The minimum absolute atomic E-state index is 0.0659. The summed E-state index contributed by atoms with van der Waals surface area (Å²) >= 11 is 3.19. The number of hydrogen-bond acceptors (Lipinski definition) is 6. The van der Waals surface area contributed by atoms with Crippen molar-refractivity contribution in [1.82, 2.24) is 4.90 Å². The number of nitrogens with one attached hydrogen (secondary N) is 1. The lowest BCUT2D eigenvalue weighted by Gasteiger charge is -2.31. The molecular weight excluding hydrogens is 529 g/mol. The molecule has 0 radical (unpaired) electrons. The van der Waals surface area contributed by atoms with Crippen molar-refractivity contribution >= 4 is 31.6 Å². The second-order valence-corrected chi connectivity index (χ2v) is 10.1. The molecule has 2 aromatic carbocycles. The first-order valence-corrected chi connectivity index (χ1v) is 12.2. The summed E-state index contributed by atoms with van der Waals surface area (Å²) in [6.07, 6.45) is -3.69. The Balaban J connectivity index is 1.95. The highest BCUT2D eigenvalue weighted by Gasteiger charge is 2.36. The Morgan fingerprint density at radius 2 is 1.76 bits per heavy atom. The molecule has 12 heteroatoms. The Morgan fingerprint density at radius 3 is 2.36 bits per heavy atom. The topological polar surface area (TPSA) is 77.1 Å². The molecule has 3 rings (SSSR count). The lowest BCUT2D eigenvalue weighted by atomic mass is 10.1. The first-order valence-electron chi connectivity index (χ1n) is 9.95. The van der Waals surface area contributed by atoms with Crippen molar-refractivity contribution in [1.29, 1.82) is 0 Å². The highest BCUT2D eigenvalue weighted by atomic mass is 79.9. The molecule has 0 unspecified atom stereocenters. The SMILES string of the molecule is COc1cc(Br)c(S(=O)(=O)Nc2ccc(C(F)(F)F)c(O[C@@H]3CCCN(C)C3)c2)cc1OC. The van der Waals surface area contributed by atoms with Crippen molar-refractivity contribution in [2.75, 3.05) is 39.1 Å². The Hall–Kier alpha value is -2.18. The summed E-state index contributed by atoms with van der Waals surface area (Å²) in [5.41, 5.74) is -1.03. The highest BCUT2D eigenvalue weighted by Crippen LogP contribution is 2.40. The van der Waals surface area contributed by atoms with Crippen molar-refractivity contribution in [3.63, 3.8) is 0 Å². The molecule has 1 atom stereocenters. The second-order valence-electron chi connectivity index (χ2n) is 7.60. The second kappa shape index (κ2) is 9.98. The molecule has 1 fully saturated rings. The number of alkyl halides is 3. The number of halogens is 4. The summed E-state index contributed by atoms with van der Waals surface area (Å²) in [6, 6.07) is 5.60. The van der Waals surface area contributed by atoms with E-state index in [-0.39, 0.29) is 20.8 Å². The van der Waals surface area contributed by atoms with Gasteiger partial charge in [0.05, 0.1) is 25.5 Å². The molecule has 33 heavy (non-hydrogen) atoms. The maximum Gasteiger partial charge on any atom is 0.419 e. The summed E-state index contributed by atoms with van der Waals surface area (Å²) in [5, 5.41) is 0. The van der Waals surface area contributed by atoms with E-state index in [1.807, 2.05) is 11.9 Å². The fourth-order valence-corrected chi connectivity index (χ4v) is 5.65. The molecule has 0 amide bonds. The number of methoxy groups -OCH3 is 2. The number of rotatable bonds is 7. The van der Waals surface area contributed by atoms with E-state index in [4.69, 9.17) is 14.2 Å². The Labute approximate surface area is 199 Å². The number of benzene rings is 2. The van der Waals surface area contributed by atoms with E-state index in [9.17, 15) is 21.6 Å². The first kappa shape index (κ1) is 25.4. The fourth-order valence-electron chi connectivity index (χ4n) is 3.56. The maximum atomic E-state index is 13.6. The van der Waals surface area contributed by atoms with Crippen LogP contribution in [-0.2, 0) is 16.2 Å². The number of hydrogen-bond donors (Lipinski definition) is 1. The fraction of sp³-hybridized carbons (Fsp3) is 0.429. The zero-order valence-corrected chi connectivity index (χ0v) is 20.6. The molecule has 0 saturated carbocycles. The van der Waals surface area contributed by atoms with Gasteiger partial charge in [0.25, 0.3) is 10.0 Å². The molecule has 182 valence electrons. The molecule has 7 nitrogen and oxygen atoms in total. The predicted octanol–water partition coefficient (Wildman–Crippen LogP) is 4.76. The van der Waals surface area contributed by atoms with Crippen molar-refractivity contribution in [3.05, 3.63) is 40.4 Å². The van der Waals surface area contributed by atoms with E-state index in [1.165, 1.54) is 26.4 Å². The third-order valence-corrected chi connectivity index (χ3v) is 7.48. The quantitative estimate of drug-likeness (QED) is 0.533. The third-order valence-electron chi connectivity index (χ3n) is 5.14. The summed E-state index contributed by atoms with van der Waals surface area (Å²) in [7, 11) is 0.447. The van der Waals surface area contributed by atoms with Gasteiger partial charge in [-0.1, -0.05) is 0 Å². The molecule has 1 heterocycles. The van der Waals surface area contributed by atoms with Crippen LogP contribution in [0.15, 0.2) is 39.7 Å². The van der Waals surface area contributed by atoms with Gasteiger partial charge in [-0.05, 0) is 60.6 Å². The van der Waals surface area contributed by atoms with E-state index < -0.39 is 33.6 Å². The number of sulfonamides is 1. The molecule has 0 spiro atoms. The molecule has 1 N–H and O–H groups in total. The Morgan fingerprint density at radius 1 is 1.09 bits per heavy atom. The summed E-state index contributed by atoms with van der Waals surface area (Å²) < 4.78 is 85.2. The van der Waals surface area contributed by atoms with Crippen molar-refractivity contribution in [3.8, 4) is 17.2 Å². The number of likely N-dealkylation sites (tertiary alicyclic amines) is 1. The van der Waals surface area contributed by atoms with Crippen LogP contribution in [0.2, 0.25) is 0 Å². The van der Waals surface area contributed by atoms with Crippen molar-refractivity contribution < 1.29 is 35.8 Å². The largest absolute Gasteiger partial charge is 0.493 e. The number of ether oxygens (including phenoxy) is 3. The minimum Gasteiger partial charge on any atom is -0.493 e. The van der Waals surface area contributed by atoms with Crippen LogP contribution in [0.1, 0.15) is 18.4 Å². The molecule has 1 aliphatic heterocycles. The van der Waals surface area contributed by atoms with E-state index in [0.717, 1.165) is 31.2 Å². The van der Waals surface area contributed by atoms with Gasteiger partial charge in [-0.15, -0.1) is 0 Å². The van der Waals surface area contributed by atoms with Crippen LogP contribution in [0.3, 0.4) is 0 Å². The van der Waals surface area contributed by atoms with Crippen molar-refractivity contribution in [2.45, 2.75) is 30.0 Å². The lowest BCUT2D eigenvalue weighted by molar-refractivity contribution is -0.139. The summed E-state index contributed by atoms with van der Waals surface area (Å²) in [5.74, 6) is 0.0688. The molecule has 1 saturated heterocycles. The standard InChI is InChI=1S/C21H24BrF3N2O5S/c1-27-8-4-5-14(12-27)32-17-9-13(6-7-15(17)21(23,24)25)26-33(28,29)20-11-19(31-3)18(30-2)10-16(20)22/h6-7,9-11,14,26H,4-5,8,12H2,1-3H3/t14-/m1/s1. The zero-order chi connectivity index (χ0) is 24.4. The van der Waals surface area contributed by atoms with Crippen LogP contribution in [0.5, 0.6) is 17.2 Å². The number of anilines is 1. The highest BCUT2D eigenvalue weighted by molar-refractivity contribution is 9.10. The molecule has 0 bridgehead atoms. The molecule has 0 aromatic heterocycles. The van der Waals surface area contributed by atoms with Gasteiger partial charge in [0.2, 0.25) is 0 Å². The van der Waals surface area contributed by atoms with Gasteiger partial charge < -0.3 is 19.1 Å². The molecular formula is C21H24BrF3N2O5S. The van der Waals surface area contributed by atoms with Gasteiger partial charge in [-0.2, -0.15) is 13.2 Å². The van der Waals surface area contributed by atoms with Crippen LogP contribution >= 0.6 is 15.9 Å². The summed E-state index contributed by atoms with van der Waals surface area (Å²) in [4.78, 5) is 1.80. The molecule has 0 aliphatic carbocycles. The Bertz CT molecular complexity index is 1110. The third kappa shape index (κ3) is 6.04. The average molecular weight is 553 g/mol.